The van der Waals surface area contributed by atoms with Crippen LogP contribution in [0.1, 0.15) is 30.5 Å². The maximum absolute atomic E-state index is 14.0. The van der Waals surface area contributed by atoms with E-state index < -0.39 is 28.5 Å². The van der Waals surface area contributed by atoms with Gasteiger partial charge in [0, 0.05) is 23.5 Å². The Balaban J connectivity index is 2.05. The Morgan fingerprint density at radius 1 is 0.921 bits per heavy atom. The minimum atomic E-state index is -3.79. The molecule has 202 valence electrons. The van der Waals surface area contributed by atoms with Crippen molar-refractivity contribution in [1.29, 1.82) is 0 Å². The van der Waals surface area contributed by atoms with E-state index in [1.54, 1.807) is 24.3 Å². The van der Waals surface area contributed by atoms with Crippen molar-refractivity contribution >= 4 is 43.5 Å². The maximum Gasteiger partial charge on any atom is 0.244 e. The number of halogens is 1. The highest BCUT2D eigenvalue weighted by Gasteiger charge is 2.33. The van der Waals surface area contributed by atoms with Crippen molar-refractivity contribution in [3.63, 3.8) is 0 Å². The third-order valence-corrected chi connectivity index (χ3v) is 7.60. The van der Waals surface area contributed by atoms with Gasteiger partial charge in [0.05, 0.1) is 11.9 Å². The molecule has 7 nitrogen and oxygen atoms in total. The summed E-state index contributed by atoms with van der Waals surface area (Å²) in [5.74, 6) is -0.765. The summed E-state index contributed by atoms with van der Waals surface area (Å²) in [5, 5.41) is 2.95. The number of benzene rings is 3. The standard InChI is InChI=1S/C29H34BrN3O4S/c1-21(2)31-29(35)27(18-23-10-6-5-7-11-23)32(19-24-12-8-9-22(3)17-24)28(34)20-33(38(4,36)37)26-15-13-25(30)14-16-26/h5-17,21,27H,18-20H2,1-4H3,(H,31,35). The van der Waals surface area contributed by atoms with Crippen molar-refractivity contribution in [3.05, 3.63) is 100 Å². The van der Waals surface area contributed by atoms with E-state index in [2.05, 4.69) is 21.2 Å². The van der Waals surface area contributed by atoms with Crippen LogP contribution in [-0.2, 0) is 32.6 Å². The van der Waals surface area contributed by atoms with Gasteiger partial charge in [0.25, 0.3) is 0 Å². The third kappa shape index (κ3) is 8.43. The van der Waals surface area contributed by atoms with Crippen molar-refractivity contribution in [2.75, 3.05) is 17.1 Å². The lowest BCUT2D eigenvalue weighted by Crippen LogP contribution is -2.54. The highest BCUT2D eigenvalue weighted by atomic mass is 79.9. The zero-order valence-corrected chi connectivity index (χ0v) is 24.5. The number of sulfonamides is 1. The maximum atomic E-state index is 14.0. The first-order chi connectivity index (χ1) is 17.9. The molecule has 0 radical (unpaired) electrons. The second kappa shape index (κ2) is 13.1. The number of carbonyl (C=O) groups excluding carboxylic acids is 2. The van der Waals surface area contributed by atoms with Crippen LogP contribution in [0.25, 0.3) is 0 Å². The summed E-state index contributed by atoms with van der Waals surface area (Å²) in [7, 11) is -3.79. The zero-order chi connectivity index (χ0) is 27.9. The first-order valence-electron chi connectivity index (χ1n) is 12.4. The molecule has 0 spiro atoms. The summed E-state index contributed by atoms with van der Waals surface area (Å²) in [4.78, 5) is 29.0. The molecular formula is C29H34BrN3O4S. The molecule has 1 unspecified atom stereocenters. The van der Waals surface area contributed by atoms with Crippen LogP contribution in [0, 0.1) is 6.92 Å². The molecule has 1 atom stereocenters. The van der Waals surface area contributed by atoms with Crippen molar-refractivity contribution in [3.8, 4) is 0 Å². The van der Waals surface area contributed by atoms with Gasteiger partial charge in [-0.2, -0.15) is 0 Å². The average Bonchev–Trinajstić information content (AvgIpc) is 2.85. The predicted octanol–water partition coefficient (Wildman–Crippen LogP) is 4.69. The number of nitrogens with zero attached hydrogens (tertiary/aromatic N) is 2. The molecule has 0 fully saturated rings. The van der Waals surface area contributed by atoms with Crippen LogP contribution in [0.2, 0.25) is 0 Å². The summed E-state index contributed by atoms with van der Waals surface area (Å²) in [6.07, 6.45) is 1.36. The number of anilines is 1. The smallest absolute Gasteiger partial charge is 0.244 e. The van der Waals surface area contributed by atoms with Gasteiger partial charge in [0.15, 0.2) is 0 Å². The second-order valence-corrected chi connectivity index (χ2v) is 12.4. The van der Waals surface area contributed by atoms with Gasteiger partial charge >= 0.3 is 0 Å². The Morgan fingerprint density at radius 2 is 1.55 bits per heavy atom. The molecule has 38 heavy (non-hydrogen) atoms. The largest absolute Gasteiger partial charge is 0.352 e. The number of carbonyl (C=O) groups is 2. The van der Waals surface area contributed by atoms with E-state index in [-0.39, 0.29) is 24.9 Å². The van der Waals surface area contributed by atoms with Gasteiger partial charge in [-0.3, -0.25) is 13.9 Å². The summed E-state index contributed by atoms with van der Waals surface area (Å²) in [6, 6.07) is 22.9. The first kappa shape index (κ1) is 29.4. The van der Waals surface area contributed by atoms with Gasteiger partial charge in [-0.15, -0.1) is 0 Å². The van der Waals surface area contributed by atoms with Gasteiger partial charge in [-0.1, -0.05) is 76.1 Å². The molecule has 0 aliphatic heterocycles. The molecule has 3 aromatic rings. The highest BCUT2D eigenvalue weighted by molar-refractivity contribution is 9.10. The van der Waals surface area contributed by atoms with E-state index in [4.69, 9.17) is 0 Å². The monoisotopic (exact) mass is 599 g/mol. The lowest BCUT2D eigenvalue weighted by molar-refractivity contribution is -0.140. The molecule has 0 saturated heterocycles. The number of nitrogens with one attached hydrogen (secondary N) is 1. The molecule has 3 aromatic carbocycles. The summed E-state index contributed by atoms with van der Waals surface area (Å²) < 4.78 is 27.4. The Labute approximate surface area is 234 Å². The number of hydrogen-bond acceptors (Lipinski definition) is 4. The average molecular weight is 601 g/mol. The molecule has 0 saturated carbocycles. The number of rotatable bonds is 11. The number of hydrogen-bond donors (Lipinski definition) is 1. The fourth-order valence-electron chi connectivity index (χ4n) is 4.16. The van der Waals surface area contributed by atoms with Gasteiger partial charge < -0.3 is 10.2 Å². The fraction of sp³-hybridized carbons (Fsp3) is 0.310. The molecule has 0 aliphatic carbocycles. The SMILES string of the molecule is Cc1cccc(CN(C(=O)CN(c2ccc(Br)cc2)S(C)(=O)=O)C(Cc2ccccc2)C(=O)NC(C)C)c1. The number of amides is 2. The molecule has 0 heterocycles. The van der Waals surface area contributed by atoms with E-state index in [0.29, 0.717) is 5.69 Å². The lowest BCUT2D eigenvalue weighted by Gasteiger charge is -2.34. The molecule has 0 aromatic heterocycles. The zero-order valence-electron chi connectivity index (χ0n) is 22.1. The predicted molar refractivity (Wildman–Crippen MR) is 155 cm³/mol. The summed E-state index contributed by atoms with van der Waals surface area (Å²) in [6.45, 7) is 5.40. The van der Waals surface area contributed by atoms with Crippen molar-refractivity contribution in [2.45, 2.75) is 45.8 Å². The normalized spacial score (nSPS) is 12.2. The summed E-state index contributed by atoms with van der Waals surface area (Å²) >= 11 is 3.36. The van der Waals surface area contributed by atoms with Crippen LogP contribution in [0.3, 0.4) is 0 Å². The second-order valence-electron chi connectivity index (χ2n) is 9.63. The fourth-order valence-corrected chi connectivity index (χ4v) is 5.28. The van der Waals surface area contributed by atoms with Gasteiger partial charge in [0.2, 0.25) is 21.8 Å². The highest BCUT2D eigenvalue weighted by Crippen LogP contribution is 2.22. The van der Waals surface area contributed by atoms with E-state index in [9.17, 15) is 18.0 Å². The Hall–Kier alpha value is -3.17. The van der Waals surface area contributed by atoms with Gasteiger partial charge in [-0.25, -0.2) is 8.42 Å². The molecule has 2 amide bonds. The minimum absolute atomic E-state index is 0.132. The van der Waals surface area contributed by atoms with Crippen LogP contribution in [-0.4, -0.2) is 50.0 Å². The van der Waals surface area contributed by atoms with Crippen molar-refractivity contribution in [1.82, 2.24) is 10.2 Å². The van der Waals surface area contributed by atoms with Crippen LogP contribution in [0.4, 0.5) is 5.69 Å². The topological polar surface area (TPSA) is 86.8 Å². The third-order valence-electron chi connectivity index (χ3n) is 5.93. The molecule has 3 rings (SSSR count). The van der Waals surface area contributed by atoms with E-state index in [1.807, 2.05) is 75.4 Å². The van der Waals surface area contributed by atoms with Crippen LogP contribution >= 0.6 is 15.9 Å². The molecule has 0 bridgehead atoms. The van der Waals surface area contributed by atoms with Crippen molar-refractivity contribution < 1.29 is 18.0 Å². The Morgan fingerprint density at radius 3 is 2.13 bits per heavy atom. The van der Waals surface area contributed by atoms with E-state index >= 15 is 0 Å². The molecule has 9 heteroatoms. The van der Waals surface area contributed by atoms with Crippen molar-refractivity contribution in [2.24, 2.45) is 0 Å². The molecular weight excluding hydrogens is 566 g/mol. The van der Waals surface area contributed by atoms with Crippen LogP contribution in [0.5, 0.6) is 0 Å². The Kier molecular flexibility index (Phi) is 10.1. The van der Waals surface area contributed by atoms with Crippen LogP contribution in [0.15, 0.2) is 83.3 Å². The molecule has 1 N–H and O–H groups in total. The minimum Gasteiger partial charge on any atom is -0.352 e. The van der Waals surface area contributed by atoms with Gasteiger partial charge in [0.1, 0.15) is 12.6 Å². The van der Waals surface area contributed by atoms with Gasteiger partial charge in [-0.05, 0) is 56.2 Å². The lowest BCUT2D eigenvalue weighted by atomic mass is 10.0. The van der Waals surface area contributed by atoms with E-state index in [0.717, 1.165) is 31.7 Å². The number of aryl methyl sites for hydroxylation is 1. The first-order valence-corrected chi connectivity index (χ1v) is 15.0. The molecule has 0 aliphatic rings. The van der Waals surface area contributed by atoms with E-state index in [1.165, 1.54) is 4.90 Å². The Bertz CT molecular complexity index is 1350. The quantitative estimate of drug-likeness (QED) is 0.346. The van der Waals surface area contributed by atoms with Crippen LogP contribution < -0.4 is 9.62 Å². The summed E-state index contributed by atoms with van der Waals surface area (Å²) in [5.41, 5.74) is 3.13.